The molecule has 0 spiro atoms. The highest BCUT2D eigenvalue weighted by Gasteiger charge is 2.29. The molecule has 1 saturated heterocycles. The predicted molar refractivity (Wildman–Crippen MR) is 90.7 cm³/mol. The van der Waals surface area contributed by atoms with Gasteiger partial charge < -0.3 is 14.8 Å². The van der Waals surface area contributed by atoms with Gasteiger partial charge in [0.15, 0.2) is 0 Å². The first-order valence-corrected chi connectivity index (χ1v) is 9.41. The van der Waals surface area contributed by atoms with Crippen molar-refractivity contribution in [3.63, 3.8) is 0 Å². The van der Waals surface area contributed by atoms with E-state index in [1.165, 1.54) is 17.5 Å². The molecule has 1 aliphatic rings. The van der Waals surface area contributed by atoms with Gasteiger partial charge in [0.1, 0.15) is 10.6 Å². The van der Waals surface area contributed by atoms with Crippen LogP contribution in [0.15, 0.2) is 23.1 Å². The molecule has 1 aromatic rings. The average Bonchev–Trinajstić information content (AvgIpc) is 2.61. The summed E-state index contributed by atoms with van der Waals surface area (Å²) < 4.78 is 37.5. The molecule has 1 heterocycles. The number of sulfonamides is 1. The van der Waals surface area contributed by atoms with Crippen LogP contribution in [0.4, 0.5) is 5.69 Å². The van der Waals surface area contributed by atoms with Gasteiger partial charge in [-0.25, -0.2) is 8.42 Å². The summed E-state index contributed by atoms with van der Waals surface area (Å²) in [6.07, 6.45) is 0.709. The van der Waals surface area contributed by atoms with Gasteiger partial charge in [0, 0.05) is 24.7 Å². The summed E-state index contributed by atoms with van der Waals surface area (Å²) in [7, 11) is -2.29. The Balaban J connectivity index is 2.33. The van der Waals surface area contributed by atoms with E-state index in [-0.39, 0.29) is 22.5 Å². The summed E-state index contributed by atoms with van der Waals surface area (Å²) in [6, 6.07) is 4.64. The quantitative estimate of drug-likeness (QED) is 0.839. The van der Waals surface area contributed by atoms with Crippen LogP contribution >= 0.6 is 0 Å². The maximum atomic E-state index is 12.9. The molecule has 1 atom stereocenters. The minimum atomic E-state index is -3.71. The van der Waals surface area contributed by atoms with Gasteiger partial charge >= 0.3 is 0 Å². The second-order valence-corrected chi connectivity index (χ2v) is 7.59. The topological polar surface area (TPSA) is 84.9 Å². The Morgan fingerprint density at radius 1 is 1.38 bits per heavy atom. The van der Waals surface area contributed by atoms with Gasteiger partial charge in [0.25, 0.3) is 0 Å². The van der Waals surface area contributed by atoms with Crippen LogP contribution < -0.4 is 10.1 Å². The van der Waals surface area contributed by atoms with Crippen molar-refractivity contribution < 1.29 is 22.7 Å². The van der Waals surface area contributed by atoms with Crippen molar-refractivity contribution in [3.05, 3.63) is 18.2 Å². The molecule has 2 rings (SSSR count). The van der Waals surface area contributed by atoms with E-state index < -0.39 is 10.0 Å². The third kappa shape index (κ3) is 4.06. The summed E-state index contributed by atoms with van der Waals surface area (Å²) in [6.45, 7) is 5.08. The first-order valence-electron chi connectivity index (χ1n) is 7.97. The van der Waals surface area contributed by atoms with Gasteiger partial charge in [-0.15, -0.1) is 0 Å². The normalized spacial score (nSPS) is 17.3. The smallest absolute Gasteiger partial charge is 0.246 e. The lowest BCUT2D eigenvalue weighted by Crippen LogP contribution is -2.40. The Morgan fingerprint density at radius 2 is 2.04 bits per heavy atom. The highest BCUT2D eigenvalue weighted by molar-refractivity contribution is 7.89. The number of methoxy groups -OCH3 is 1. The molecule has 1 aliphatic heterocycles. The first-order chi connectivity index (χ1) is 11.4. The molecule has 1 amide bonds. The second kappa shape index (κ2) is 7.96. The molecule has 134 valence electrons. The van der Waals surface area contributed by atoms with Crippen LogP contribution in [0, 0.1) is 5.92 Å². The van der Waals surface area contributed by atoms with Crippen molar-refractivity contribution in [2.24, 2.45) is 5.92 Å². The Morgan fingerprint density at radius 3 is 2.62 bits per heavy atom. The number of ether oxygens (including phenoxy) is 2. The molecular formula is C16H24N2O5S. The summed E-state index contributed by atoms with van der Waals surface area (Å²) >= 11 is 0. The van der Waals surface area contributed by atoms with Gasteiger partial charge in [0.05, 0.1) is 20.3 Å². The first kappa shape index (κ1) is 18.7. The fraction of sp³-hybridized carbons (Fsp3) is 0.562. The summed E-state index contributed by atoms with van der Waals surface area (Å²) in [5, 5.41) is 2.76. The monoisotopic (exact) mass is 356 g/mol. The van der Waals surface area contributed by atoms with Crippen molar-refractivity contribution in [3.8, 4) is 5.75 Å². The maximum Gasteiger partial charge on any atom is 0.246 e. The lowest BCUT2D eigenvalue weighted by molar-refractivity contribution is -0.119. The summed E-state index contributed by atoms with van der Waals surface area (Å²) in [4.78, 5) is 12.1. The molecule has 0 saturated carbocycles. The van der Waals surface area contributed by atoms with E-state index in [1.54, 1.807) is 12.1 Å². The zero-order chi connectivity index (χ0) is 17.7. The molecule has 0 aromatic heterocycles. The van der Waals surface area contributed by atoms with Crippen molar-refractivity contribution in [1.82, 2.24) is 4.31 Å². The lowest BCUT2D eigenvalue weighted by atomic mass is 10.1. The number of nitrogens with one attached hydrogen (secondary N) is 1. The Hall–Kier alpha value is -1.64. The minimum Gasteiger partial charge on any atom is -0.495 e. The number of rotatable bonds is 6. The average molecular weight is 356 g/mol. The second-order valence-electron chi connectivity index (χ2n) is 5.68. The van der Waals surface area contributed by atoms with Crippen molar-refractivity contribution >= 4 is 21.6 Å². The zero-order valence-electron chi connectivity index (χ0n) is 14.2. The SMILES string of the molecule is CC[C@H](C)C(=O)Nc1ccc(OC)c(S(=O)(=O)N2CCOCC2)c1. The zero-order valence-corrected chi connectivity index (χ0v) is 15.1. The van der Waals surface area contributed by atoms with E-state index >= 15 is 0 Å². The minimum absolute atomic E-state index is 0.0499. The molecule has 1 fully saturated rings. The van der Waals surface area contributed by atoms with Crippen LogP contribution in [-0.4, -0.2) is 52.0 Å². The standard InChI is InChI=1S/C16H24N2O5S/c1-4-12(2)16(19)17-13-5-6-14(22-3)15(11-13)24(20,21)18-7-9-23-10-8-18/h5-6,11-12H,4,7-10H2,1-3H3,(H,17,19)/t12-/m0/s1. The van der Waals surface area contributed by atoms with E-state index in [4.69, 9.17) is 9.47 Å². The Kier molecular flexibility index (Phi) is 6.20. The number of amides is 1. The molecule has 1 N–H and O–H groups in total. The molecule has 0 radical (unpaired) electrons. The number of nitrogens with zero attached hydrogens (tertiary/aromatic N) is 1. The third-order valence-electron chi connectivity index (χ3n) is 4.08. The Bertz CT molecular complexity index is 684. The van der Waals surface area contributed by atoms with Crippen LogP contribution in [-0.2, 0) is 19.6 Å². The summed E-state index contributed by atoms with van der Waals surface area (Å²) in [5.41, 5.74) is 0.438. The third-order valence-corrected chi connectivity index (χ3v) is 6.00. The van der Waals surface area contributed by atoms with Crippen LogP contribution in [0.5, 0.6) is 5.75 Å². The van der Waals surface area contributed by atoms with Crippen molar-refractivity contribution in [2.45, 2.75) is 25.2 Å². The number of benzene rings is 1. The number of hydrogen-bond donors (Lipinski definition) is 1. The molecule has 1 aromatic carbocycles. The lowest BCUT2D eigenvalue weighted by Gasteiger charge is -2.27. The highest BCUT2D eigenvalue weighted by Crippen LogP contribution is 2.30. The van der Waals surface area contributed by atoms with Gasteiger partial charge in [0.2, 0.25) is 15.9 Å². The van der Waals surface area contributed by atoms with Gasteiger partial charge in [-0.2, -0.15) is 4.31 Å². The molecule has 0 aliphatic carbocycles. The van der Waals surface area contributed by atoms with Gasteiger partial charge in [-0.3, -0.25) is 4.79 Å². The number of carbonyl (C=O) groups excluding carboxylic acids is 1. The number of hydrogen-bond acceptors (Lipinski definition) is 5. The van der Waals surface area contributed by atoms with E-state index in [0.717, 1.165) is 0 Å². The highest BCUT2D eigenvalue weighted by atomic mass is 32.2. The maximum absolute atomic E-state index is 12.9. The largest absolute Gasteiger partial charge is 0.495 e. The molecule has 0 bridgehead atoms. The number of anilines is 1. The molecular weight excluding hydrogens is 332 g/mol. The van der Waals surface area contributed by atoms with Gasteiger partial charge in [-0.1, -0.05) is 13.8 Å². The predicted octanol–water partition coefficient (Wildman–Crippen LogP) is 1.70. The van der Waals surface area contributed by atoms with Crippen LogP contribution in [0.25, 0.3) is 0 Å². The van der Waals surface area contributed by atoms with E-state index in [9.17, 15) is 13.2 Å². The number of carbonyl (C=O) groups is 1. The Labute approximate surface area is 143 Å². The number of morpholine rings is 1. The molecule has 0 unspecified atom stereocenters. The molecule has 24 heavy (non-hydrogen) atoms. The van der Waals surface area contributed by atoms with E-state index in [2.05, 4.69) is 5.32 Å². The molecule has 7 nitrogen and oxygen atoms in total. The summed E-state index contributed by atoms with van der Waals surface area (Å²) in [5.74, 6) is -0.0354. The van der Waals surface area contributed by atoms with E-state index in [1.807, 2.05) is 13.8 Å². The van der Waals surface area contributed by atoms with Crippen LogP contribution in [0.3, 0.4) is 0 Å². The van der Waals surface area contributed by atoms with Crippen molar-refractivity contribution in [2.75, 3.05) is 38.7 Å². The fourth-order valence-electron chi connectivity index (χ4n) is 2.33. The fourth-order valence-corrected chi connectivity index (χ4v) is 3.92. The van der Waals surface area contributed by atoms with Gasteiger partial charge in [-0.05, 0) is 24.6 Å². The molecule has 8 heteroatoms. The van der Waals surface area contributed by atoms with Crippen LogP contribution in [0.1, 0.15) is 20.3 Å². The van der Waals surface area contributed by atoms with E-state index in [0.29, 0.717) is 38.4 Å². The van der Waals surface area contributed by atoms with Crippen molar-refractivity contribution in [1.29, 1.82) is 0 Å². The van der Waals surface area contributed by atoms with Crippen LogP contribution in [0.2, 0.25) is 0 Å².